The van der Waals surface area contributed by atoms with Crippen molar-refractivity contribution < 1.29 is 27.2 Å². The van der Waals surface area contributed by atoms with Gasteiger partial charge < -0.3 is 5.32 Å². The molecule has 0 aliphatic carbocycles. The molecule has 2 aromatic rings. The normalized spacial score (nSPS) is 15.2. The maximum Gasteiger partial charge on any atom is 0.293 e. The molecule has 172 valence electrons. The molecule has 2 N–H and O–H groups in total. The van der Waals surface area contributed by atoms with Crippen LogP contribution >= 0.6 is 11.8 Å². The standard InChI is InChI=1S/C22H20FN3O5S2/c1-2-10-25-33(30,31)19-14-16(8-9-17(19)23)20(27)24-11-12-26-21(28)18(32-22(26)29)13-15-6-4-3-5-7-15/h2-9,13-14,25H,1,10-12H2,(H,24,27)/b18-13+. The van der Waals surface area contributed by atoms with Gasteiger partial charge in [0.2, 0.25) is 10.0 Å². The summed E-state index contributed by atoms with van der Waals surface area (Å²) in [6, 6.07) is 12.0. The van der Waals surface area contributed by atoms with Crippen LogP contribution in [0.2, 0.25) is 0 Å². The zero-order chi connectivity index (χ0) is 24.0. The van der Waals surface area contributed by atoms with Crippen molar-refractivity contribution in [2.45, 2.75) is 4.90 Å². The summed E-state index contributed by atoms with van der Waals surface area (Å²) in [7, 11) is -4.17. The lowest BCUT2D eigenvalue weighted by atomic mass is 10.2. The van der Waals surface area contributed by atoms with E-state index in [2.05, 4.69) is 16.6 Å². The number of carbonyl (C=O) groups is 3. The van der Waals surface area contributed by atoms with Crippen LogP contribution in [0.1, 0.15) is 15.9 Å². The van der Waals surface area contributed by atoms with Gasteiger partial charge in [0.1, 0.15) is 10.7 Å². The second-order valence-corrected chi connectivity index (χ2v) is 9.51. The molecule has 1 aliphatic rings. The van der Waals surface area contributed by atoms with Crippen LogP contribution in [-0.4, -0.2) is 50.0 Å². The summed E-state index contributed by atoms with van der Waals surface area (Å²) in [6.07, 6.45) is 2.91. The maximum absolute atomic E-state index is 14.0. The van der Waals surface area contributed by atoms with Crippen molar-refractivity contribution in [3.8, 4) is 0 Å². The van der Waals surface area contributed by atoms with E-state index >= 15 is 0 Å². The molecule has 0 aromatic heterocycles. The van der Waals surface area contributed by atoms with Gasteiger partial charge in [-0.1, -0.05) is 36.4 Å². The lowest BCUT2D eigenvalue weighted by Crippen LogP contribution is -2.37. The maximum atomic E-state index is 14.0. The number of halogens is 1. The fourth-order valence-corrected chi connectivity index (χ4v) is 4.84. The highest BCUT2D eigenvalue weighted by Crippen LogP contribution is 2.31. The van der Waals surface area contributed by atoms with Gasteiger partial charge >= 0.3 is 0 Å². The minimum absolute atomic E-state index is 0.0658. The molecule has 0 spiro atoms. The minimum Gasteiger partial charge on any atom is -0.350 e. The molecule has 11 heteroatoms. The number of nitrogens with one attached hydrogen (secondary N) is 2. The molecule has 0 bridgehead atoms. The molecule has 1 aliphatic heterocycles. The Bertz CT molecular complexity index is 1230. The molecule has 1 fully saturated rings. The van der Waals surface area contributed by atoms with Gasteiger partial charge in [-0.25, -0.2) is 17.5 Å². The molecule has 1 saturated heterocycles. The predicted octanol–water partition coefficient (Wildman–Crippen LogP) is 2.76. The fraction of sp³-hybridized carbons (Fsp3) is 0.136. The third-order valence-electron chi connectivity index (χ3n) is 4.49. The Labute approximate surface area is 194 Å². The van der Waals surface area contributed by atoms with Gasteiger partial charge in [-0.15, -0.1) is 6.58 Å². The Morgan fingerprint density at radius 2 is 1.88 bits per heavy atom. The number of sulfonamides is 1. The Morgan fingerprint density at radius 1 is 1.15 bits per heavy atom. The highest BCUT2D eigenvalue weighted by Gasteiger charge is 2.34. The van der Waals surface area contributed by atoms with Gasteiger partial charge in [0.15, 0.2) is 0 Å². The van der Waals surface area contributed by atoms with Gasteiger partial charge in [0.25, 0.3) is 17.1 Å². The molecule has 3 rings (SSSR count). The molecule has 1 heterocycles. The molecule has 0 atom stereocenters. The first-order valence-corrected chi connectivity index (χ1v) is 12.0. The second-order valence-electron chi connectivity index (χ2n) is 6.79. The largest absolute Gasteiger partial charge is 0.350 e. The summed E-state index contributed by atoms with van der Waals surface area (Å²) in [4.78, 5) is 37.8. The van der Waals surface area contributed by atoms with Gasteiger partial charge in [-0.3, -0.25) is 19.3 Å². The zero-order valence-electron chi connectivity index (χ0n) is 17.3. The summed E-state index contributed by atoms with van der Waals surface area (Å²) < 4.78 is 40.5. The summed E-state index contributed by atoms with van der Waals surface area (Å²) in [5.74, 6) is -2.15. The number of rotatable bonds is 9. The highest BCUT2D eigenvalue weighted by molar-refractivity contribution is 8.18. The molecule has 3 amide bonds. The Balaban J connectivity index is 1.63. The average molecular weight is 490 g/mol. The SMILES string of the molecule is C=CCNS(=O)(=O)c1cc(C(=O)NCCN2C(=O)S/C(=C/c3ccccc3)C2=O)ccc1F. The van der Waals surface area contributed by atoms with Crippen molar-refractivity contribution in [3.05, 3.63) is 83.0 Å². The van der Waals surface area contributed by atoms with Crippen LogP contribution in [0.25, 0.3) is 6.08 Å². The van der Waals surface area contributed by atoms with E-state index in [0.29, 0.717) is 0 Å². The number of benzene rings is 2. The zero-order valence-corrected chi connectivity index (χ0v) is 18.9. The van der Waals surface area contributed by atoms with E-state index in [9.17, 15) is 27.2 Å². The van der Waals surface area contributed by atoms with Crippen molar-refractivity contribution in [2.75, 3.05) is 19.6 Å². The van der Waals surface area contributed by atoms with Gasteiger partial charge in [-0.2, -0.15) is 0 Å². The number of nitrogens with zero attached hydrogens (tertiary/aromatic N) is 1. The first-order chi connectivity index (χ1) is 15.7. The molecule has 0 saturated carbocycles. The van der Waals surface area contributed by atoms with Crippen LogP contribution in [-0.2, 0) is 14.8 Å². The molecule has 0 radical (unpaired) electrons. The highest BCUT2D eigenvalue weighted by atomic mass is 32.2. The van der Waals surface area contributed by atoms with Crippen LogP contribution in [0.5, 0.6) is 0 Å². The van der Waals surface area contributed by atoms with Crippen LogP contribution < -0.4 is 10.0 Å². The fourth-order valence-electron chi connectivity index (χ4n) is 2.87. The van der Waals surface area contributed by atoms with Crippen LogP contribution in [0.4, 0.5) is 9.18 Å². The van der Waals surface area contributed by atoms with Crippen molar-refractivity contribution in [1.82, 2.24) is 14.9 Å². The quantitative estimate of drug-likeness (QED) is 0.414. The van der Waals surface area contributed by atoms with Crippen LogP contribution in [0, 0.1) is 5.82 Å². The van der Waals surface area contributed by atoms with E-state index in [0.717, 1.165) is 40.4 Å². The van der Waals surface area contributed by atoms with E-state index in [1.807, 2.05) is 18.2 Å². The van der Waals surface area contributed by atoms with E-state index in [-0.39, 0.29) is 30.1 Å². The Hall–Kier alpha value is -3.28. The molecule has 0 unspecified atom stereocenters. The van der Waals surface area contributed by atoms with Gasteiger partial charge in [0.05, 0.1) is 4.91 Å². The molecule has 8 nitrogen and oxygen atoms in total. The number of hydrogen-bond donors (Lipinski definition) is 2. The monoisotopic (exact) mass is 489 g/mol. The van der Waals surface area contributed by atoms with Crippen molar-refractivity contribution in [2.24, 2.45) is 0 Å². The molecule has 33 heavy (non-hydrogen) atoms. The Morgan fingerprint density at radius 3 is 2.58 bits per heavy atom. The number of carbonyl (C=O) groups excluding carboxylic acids is 3. The van der Waals surface area contributed by atoms with Crippen LogP contribution in [0.15, 0.2) is 71.0 Å². The summed E-state index contributed by atoms with van der Waals surface area (Å²) in [6.45, 7) is 3.14. The van der Waals surface area contributed by atoms with Crippen molar-refractivity contribution >= 4 is 44.9 Å². The number of hydrogen-bond acceptors (Lipinski definition) is 6. The third kappa shape index (κ3) is 5.95. The summed E-state index contributed by atoms with van der Waals surface area (Å²) in [5.41, 5.74) is 0.689. The average Bonchev–Trinajstić information content (AvgIpc) is 3.05. The van der Waals surface area contributed by atoms with E-state index < -0.39 is 37.8 Å². The number of imide groups is 1. The Kier molecular flexibility index (Phi) is 7.79. The van der Waals surface area contributed by atoms with Crippen molar-refractivity contribution in [1.29, 1.82) is 0 Å². The predicted molar refractivity (Wildman–Crippen MR) is 123 cm³/mol. The molecule has 2 aromatic carbocycles. The summed E-state index contributed by atoms with van der Waals surface area (Å²) >= 11 is 0.808. The van der Waals surface area contributed by atoms with Gasteiger partial charge in [-0.05, 0) is 41.6 Å². The van der Waals surface area contributed by atoms with Crippen LogP contribution in [0.3, 0.4) is 0 Å². The van der Waals surface area contributed by atoms with Gasteiger partial charge in [0, 0.05) is 25.2 Å². The first-order valence-electron chi connectivity index (χ1n) is 9.71. The number of amides is 3. The summed E-state index contributed by atoms with van der Waals surface area (Å²) in [5, 5.41) is 2.05. The first kappa shape index (κ1) is 24.4. The smallest absolute Gasteiger partial charge is 0.293 e. The topological polar surface area (TPSA) is 113 Å². The second kappa shape index (κ2) is 10.6. The van der Waals surface area contributed by atoms with Crippen molar-refractivity contribution in [3.63, 3.8) is 0 Å². The van der Waals surface area contributed by atoms with E-state index in [4.69, 9.17) is 0 Å². The third-order valence-corrected chi connectivity index (χ3v) is 6.84. The van der Waals surface area contributed by atoms with E-state index in [1.165, 1.54) is 6.08 Å². The lowest BCUT2D eigenvalue weighted by Gasteiger charge is -2.13. The number of thioether (sulfide) groups is 1. The molecular formula is C22H20FN3O5S2. The van der Waals surface area contributed by atoms with E-state index in [1.54, 1.807) is 18.2 Å². The molecular weight excluding hydrogens is 469 g/mol. The lowest BCUT2D eigenvalue weighted by molar-refractivity contribution is -0.122. The minimum atomic E-state index is -4.17.